The quantitative estimate of drug-likeness (QED) is 0.776. The number of halogens is 1. The summed E-state index contributed by atoms with van der Waals surface area (Å²) in [5.74, 6) is -1.45. The van der Waals surface area contributed by atoms with Crippen LogP contribution in [0.5, 0.6) is 0 Å². The first-order valence-electron chi connectivity index (χ1n) is 5.42. The zero-order valence-corrected chi connectivity index (χ0v) is 9.44. The monoisotopic (exact) mass is 236 g/mol. The van der Waals surface area contributed by atoms with Gasteiger partial charge in [-0.05, 0) is 30.7 Å². The van der Waals surface area contributed by atoms with Gasteiger partial charge in [0.25, 0.3) is 0 Å². The maximum absolute atomic E-state index is 12.8. The Morgan fingerprint density at radius 1 is 1.41 bits per heavy atom. The Balaban J connectivity index is 2.17. The van der Waals surface area contributed by atoms with E-state index >= 15 is 0 Å². The molecule has 1 aliphatic rings. The lowest BCUT2D eigenvalue weighted by atomic mass is 10.1. The van der Waals surface area contributed by atoms with E-state index < -0.39 is 5.92 Å². The van der Waals surface area contributed by atoms with Crippen molar-refractivity contribution in [2.75, 3.05) is 18.5 Å². The number of carbonyl (C=O) groups is 2. The Kier molecular flexibility index (Phi) is 3.08. The fraction of sp³-hybridized carbons (Fsp3) is 0.333. The average Bonchev–Trinajstić information content (AvgIpc) is 2.71. The molecule has 0 bridgehead atoms. The van der Waals surface area contributed by atoms with Gasteiger partial charge in [0.1, 0.15) is 11.7 Å². The Morgan fingerprint density at radius 2 is 2.06 bits per heavy atom. The molecule has 1 atom stereocenters. The number of hydrogen-bond donors (Lipinski definition) is 1. The maximum atomic E-state index is 12.8. The number of anilines is 1. The van der Waals surface area contributed by atoms with Crippen LogP contribution in [-0.2, 0) is 9.59 Å². The third-order valence-electron chi connectivity index (χ3n) is 2.91. The summed E-state index contributed by atoms with van der Waals surface area (Å²) in [7, 11) is 1.51. The van der Waals surface area contributed by atoms with Crippen LogP contribution < -0.4 is 10.2 Å². The van der Waals surface area contributed by atoms with Crippen molar-refractivity contribution in [3.8, 4) is 0 Å². The molecule has 4 nitrogen and oxygen atoms in total. The van der Waals surface area contributed by atoms with Crippen molar-refractivity contribution in [3.63, 3.8) is 0 Å². The molecule has 1 aromatic rings. The number of hydrogen-bond acceptors (Lipinski definition) is 2. The van der Waals surface area contributed by atoms with Gasteiger partial charge >= 0.3 is 0 Å². The van der Waals surface area contributed by atoms with E-state index in [2.05, 4.69) is 5.32 Å². The molecule has 1 saturated heterocycles. The SMILES string of the molecule is CNC(=O)C1CCN(c2ccc(F)cc2)C1=O. The van der Waals surface area contributed by atoms with Gasteiger partial charge in [-0.3, -0.25) is 9.59 Å². The molecule has 0 aliphatic carbocycles. The molecule has 0 saturated carbocycles. The van der Waals surface area contributed by atoms with Gasteiger partial charge in [0, 0.05) is 19.3 Å². The number of amides is 2. The first-order valence-corrected chi connectivity index (χ1v) is 5.42. The second kappa shape index (κ2) is 4.53. The summed E-state index contributed by atoms with van der Waals surface area (Å²) in [6.07, 6.45) is 0.496. The van der Waals surface area contributed by atoms with E-state index in [0.717, 1.165) is 0 Å². The van der Waals surface area contributed by atoms with Gasteiger partial charge in [0.2, 0.25) is 11.8 Å². The van der Waals surface area contributed by atoms with E-state index in [1.807, 2.05) is 0 Å². The molecule has 1 N–H and O–H groups in total. The molecule has 2 amide bonds. The maximum Gasteiger partial charge on any atom is 0.239 e. The summed E-state index contributed by atoms with van der Waals surface area (Å²) in [6.45, 7) is 0.489. The van der Waals surface area contributed by atoms with Crippen LogP contribution in [0, 0.1) is 11.7 Å². The van der Waals surface area contributed by atoms with Crippen molar-refractivity contribution in [2.45, 2.75) is 6.42 Å². The van der Waals surface area contributed by atoms with E-state index in [-0.39, 0.29) is 17.6 Å². The van der Waals surface area contributed by atoms with Crippen LogP contribution in [0.2, 0.25) is 0 Å². The predicted octanol–water partition coefficient (Wildman–Crippen LogP) is 0.925. The molecular formula is C12H13FN2O2. The number of rotatable bonds is 2. The van der Waals surface area contributed by atoms with Crippen LogP contribution in [0.1, 0.15) is 6.42 Å². The molecule has 1 unspecified atom stereocenters. The van der Waals surface area contributed by atoms with E-state index in [1.165, 1.54) is 24.1 Å². The lowest BCUT2D eigenvalue weighted by Crippen LogP contribution is -2.35. The summed E-state index contributed by atoms with van der Waals surface area (Å²) in [5, 5.41) is 2.47. The molecule has 0 spiro atoms. The number of nitrogens with zero attached hydrogens (tertiary/aromatic N) is 1. The van der Waals surface area contributed by atoms with Gasteiger partial charge in [0.05, 0.1) is 0 Å². The van der Waals surface area contributed by atoms with Gasteiger partial charge in [-0.15, -0.1) is 0 Å². The third-order valence-corrected chi connectivity index (χ3v) is 2.91. The normalized spacial score (nSPS) is 19.5. The smallest absolute Gasteiger partial charge is 0.239 e. The molecule has 1 heterocycles. The van der Waals surface area contributed by atoms with Crippen molar-refractivity contribution in [2.24, 2.45) is 5.92 Å². The van der Waals surface area contributed by atoms with Gasteiger partial charge in [0.15, 0.2) is 0 Å². The van der Waals surface area contributed by atoms with Crippen molar-refractivity contribution in [3.05, 3.63) is 30.1 Å². The lowest BCUT2D eigenvalue weighted by Gasteiger charge is -2.16. The minimum absolute atomic E-state index is 0.226. The summed E-state index contributed by atoms with van der Waals surface area (Å²) >= 11 is 0. The fourth-order valence-electron chi connectivity index (χ4n) is 1.97. The Bertz CT molecular complexity index is 444. The van der Waals surface area contributed by atoms with E-state index in [4.69, 9.17) is 0 Å². The first-order chi connectivity index (χ1) is 8.13. The first kappa shape index (κ1) is 11.6. The largest absolute Gasteiger partial charge is 0.358 e. The highest BCUT2D eigenvalue weighted by Crippen LogP contribution is 2.25. The zero-order chi connectivity index (χ0) is 12.4. The standard InChI is InChI=1S/C12H13FN2O2/c1-14-11(16)10-6-7-15(12(10)17)9-4-2-8(13)3-5-9/h2-5,10H,6-7H2,1H3,(H,14,16). The molecule has 1 aliphatic heterocycles. The highest BCUT2D eigenvalue weighted by molar-refractivity contribution is 6.09. The Morgan fingerprint density at radius 3 is 2.65 bits per heavy atom. The molecule has 5 heteroatoms. The van der Waals surface area contributed by atoms with Gasteiger partial charge < -0.3 is 10.2 Å². The van der Waals surface area contributed by atoms with Crippen molar-refractivity contribution in [1.82, 2.24) is 5.32 Å². The molecule has 17 heavy (non-hydrogen) atoms. The van der Waals surface area contributed by atoms with Crippen molar-refractivity contribution >= 4 is 17.5 Å². The molecule has 2 rings (SSSR count). The molecule has 0 radical (unpaired) electrons. The fourth-order valence-corrected chi connectivity index (χ4v) is 1.97. The molecule has 0 aromatic heterocycles. The summed E-state index contributed by atoms with van der Waals surface area (Å²) in [6, 6.07) is 5.69. The average molecular weight is 236 g/mol. The number of nitrogens with one attached hydrogen (secondary N) is 1. The zero-order valence-electron chi connectivity index (χ0n) is 9.44. The Labute approximate surface area is 98.4 Å². The minimum Gasteiger partial charge on any atom is -0.358 e. The highest BCUT2D eigenvalue weighted by Gasteiger charge is 2.36. The van der Waals surface area contributed by atoms with Gasteiger partial charge in [-0.1, -0.05) is 0 Å². The lowest BCUT2D eigenvalue weighted by molar-refractivity contribution is -0.131. The summed E-state index contributed by atoms with van der Waals surface area (Å²) in [5.41, 5.74) is 0.628. The predicted molar refractivity (Wildman–Crippen MR) is 60.9 cm³/mol. The number of benzene rings is 1. The molecule has 90 valence electrons. The van der Waals surface area contributed by atoms with Crippen LogP contribution in [0.15, 0.2) is 24.3 Å². The van der Waals surface area contributed by atoms with Crippen LogP contribution in [0.25, 0.3) is 0 Å². The van der Waals surface area contributed by atoms with E-state index in [0.29, 0.717) is 18.7 Å². The van der Waals surface area contributed by atoms with Gasteiger partial charge in [-0.25, -0.2) is 4.39 Å². The van der Waals surface area contributed by atoms with Crippen LogP contribution >= 0.6 is 0 Å². The van der Waals surface area contributed by atoms with Crippen molar-refractivity contribution in [1.29, 1.82) is 0 Å². The second-order valence-corrected chi connectivity index (χ2v) is 3.92. The molecule has 1 fully saturated rings. The van der Waals surface area contributed by atoms with Crippen molar-refractivity contribution < 1.29 is 14.0 Å². The van der Waals surface area contributed by atoms with E-state index in [1.54, 1.807) is 12.1 Å². The molecular weight excluding hydrogens is 223 g/mol. The highest BCUT2D eigenvalue weighted by atomic mass is 19.1. The molecule has 1 aromatic carbocycles. The second-order valence-electron chi connectivity index (χ2n) is 3.92. The Hall–Kier alpha value is -1.91. The van der Waals surface area contributed by atoms with Crippen LogP contribution in [0.3, 0.4) is 0 Å². The summed E-state index contributed by atoms with van der Waals surface area (Å²) < 4.78 is 12.8. The third kappa shape index (κ3) is 2.13. The van der Waals surface area contributed by atoms with Gasteiger partial charge in [-0.2, -0.15) is 0 Å². The topological polar surface area (TPSA) is 49.4 Å². The minimum atomic E-state index is -0.620. The van der Waals surface area contributed by atoms with Crippen LogP contribution in [-0.4, -0.2) is 25.4 Å². The van der Waals surface area contributed by atoms with Crippen LogP contribution in [0.4, 0.5) is 10.1 Å². The number of carbonyl (C=O) groups excluding carboxylic acids is 2. The van der Waals surface area contributed by atoms with E-state index in [9.17, 15) is 14.0 Å². The summed E-state index contributed by atoms with van der Waals surface area (Å²) in [4.78, 5) is 24.9.